The molecule has 0 atom stereocenters. The van der Waals surface area contributed by atoms with Crippen molar-refractivity contribution in [3.8, 4) is 0 Å². The fraction of sp³-hybridized carbons (Fsp3) is 0.500. The molecule has 5 nitrogen and oxygen atoms in total. The van der Waals surface area contributed by atoms with Gasteiger partial charge in [-0.25, -0.2) is 0 Å². The summed E-state index contributed by atoms with van der Waals surface area (Å²) in [6, 6.07) is 4.26. The van der Waals surface area contributed by atoms with Gasteiger partial charge < -0.3 is 15.2 Å². The third-order valence-corrected chi connectivity index (χ3v) is 4.96. The highest BCUT2D eigenvalue weighted by atomic mass is 32.1. The highest BCUT2D eigenvalue weighted by Crippen LogP contribution is 2.26. The molecule has 0 spiro atoms. The van der Waals surface area contributed by atoms with Crippen molar-refractivity contribution < 1.29 is 4.52 Å². The molecule has 0 aliphatic rings. The van der Waals surface area contributed by atoms with Crippen LogP contribution in [0.5, 0.6) is 0 Å². The number of rotatable bonds is 5. The van der Waals surface area contributed by atoms with Crippen LogP contribution in [0.2, 0.25) is 0 Å². The quantitative estimate of drug-likeness (QED) is 0.657. The summed E-state index contributed by atoms with van der Waals surface area (Å²) in [7, 11) is 1.78. The zero-order chi connectivity index (χ0) is 16.2. The van der Waals surface area contributed by atoms with Gasteiger partial charge in [0.1, 0.15) is 5.76 Å². The summed E-state index contributed by atoms with van der Waals surface area (Å²) in [6.45, 7) is 9.80. The number of aromatic nitrogens is 1. The Morgan fingerprint density at radius 3 is 2.68 bits per heavy atom. The lowest BCUT2D eigenvalue weighted by Crippen LogP contribution is -2.43. The lowest BCUT2D eigenvalue weighted by Gasteiger charge is -2.25. The van der Waals surface area contributed by atoms with Gasteiger partial charge in [-0.15, -0.1) is 11.3 Å². The SMILES string of the molecule is CN=C(NCc1c(C)noc1C)NCC(C)(C)c1cccs1. The summed E-state index contributed by atoms with van der Waals surface area (Å²) in [5.41, 5.74) is 2.06. The van der Waals surface area contributed by atoms with Crippen molar-refractivity contribution in [2.75, 3.05) is 13.6 Å². The molecule has 0 radical (unpaired) electrons. The van der Waals surface area contributed by atoms with Crippen LogP contribution in [-0.4, -0.2) is 24.7 Å². The molecule has 2 aromatic rings. The maximum absolute atomic E-state index is 5.18. The van der Waals surface area contributed by atoms with Gasteiger partial charge in [0.05, 0.1) is 5.69 Å². The molecule has 0 bridgehead atoms. The van der Waals surface area contributed by atoms with E-state index in [9.17, 15) is 0 Å². The summed E-state index contributed by atoms with van der Waals surface area (Å²) in [4.78, 5) is 5.64. The van der Waals surface area contributed by atoms with E-state index in [1.807, 2.05) is 13.8 Å². The molecule has 2 aromatic heterocycles. The first kappa shape index (κ1) is 16.5. The van der Waals surface area contributed by atoms with Crippen LogP contribution >= 0.6 is 11.3 Å². The van der Waals surface area contributed by atoms with E-state index in [0.29, 0.717) is 6.54 Å². The van der Waals surface area contributed by atoms with Crippen LogP contribution in [0, 0.1) is 13.8 Å². The minimum Gasteiger partial charge on any atom is -0.361 e. The van der Waals surface area contributed by atoms with Gasteiger partial charge in [0.2, 0.25) is 0 Å². The van der Waals surface area contributed by atoms with Gasteiger partial charge >= 0.3 is 0 Å². The fourth-order valence-electron chi connectivity index (χ4n) is 2.20. The Morgan fingerprint density at radius 1 is 1.36 bits per heavy atom. The number of nitrogens with one attached hydrogen (secondary N) is 2. The Kier molecular flexibility index (Phi) is 5.24. The second-order valence-corrected chi connectivity index (χ2v) is 6.89. The third-order valence-electron chi connectivity index (χ3n) is 3.72. The van der Waals surface area contributed by atoms with Gasteiger partial charge in [-0.2, -0.15) is 0 Å². The number of aliphatic imine (C=N–C) groups is 1. The largest absolute Gasteiger partial charge is 0.361 e. The van der Waals surface area contributed by atoms with Crippen molar-refractivity contribution in [3.05, 3.63) is 39.4 Å². The predicted octanol–water partition coefficient (Wildman–Crippen LogP) is 3.00. The van der Waals surface area contributed by atoms with Crippen LogP contribution in [0.1, 0.15) is 35.7 Å². The molecule has 120 valence electrons. The topological polar surface area (TPSA) is 62.5 Å². The van der Waals surface area contributed by atoms with Gasteiger partial charge in [0.15, 0.2) is 5.96 Å². The molecule has 0 saturated carbocycles. The summed E-state index contributed by atoms with van der Waals surface area (Å²) in [5.74, 6) is 1.63. The maximum atomic E-state index is 5.18. The van der Waals surface area contributed by atoms with Crippen molar-refractivity contribution in [1.29, 1.82) is 0 Å². The lowest BCUT2D eigenvalue weighted by molar-refractivity contribution is 0.392. The van der Waals surface area contributed by atoms with E-state index in [2.05, 4.69) is 52.1 Å². The summed E-state index contributed by atoms with van der Waals surface area (Å²) < 4.78 is 5.18. The number of hydrogen-bond donors (Lipinski definition) is 2. The van der Waals surface area contributed by atoms with Crippen LogP contribution < -0.4 is 10.6 Å². The Labute approximate surface area is 135 Å². The molecule has 22 heavy (non-hydrogen) atoms. The first-order valence-corrected chi connectivity index (χ1v) is 8.22. The zero-order valence-corrected chi connectivity index (χ0v) is 14.7. The highest BCUT2D eigenvalue weighted by Gasteiger charge is 2.22. The van der Waals surface area contributed by atoms with E-state index in [0.717, 1.165) is 29.5 Å². The Balaban J connectivity index is 1.91. The third kappa shape index (κ3) is 3.88. The second kappa shape index (κ2) is 6.96. The molecule has 2 rings (SSSR count). The van der Waals surface area contributed by atoms with Gasteiger partial charge in [-0.05, 0) is 25.3 Å². The van der Waals surface area contributed by atoms with Crippen molar-refractivity contribution in [3.63, 3.8) is 0 Å². The fourth-order valence-corrected chi connectivity index (χ4v) is 3.05. The number of hydrogen-bond acceptors (Lipinski definition) is 4. The molecule has 2 N–H and O–H groups in total. The molecule has 0 aliphatic heterocycles. The molecular formula is C16H24N4OS. The molecule has 0 amide bonds. The Morgan fingerprint density at radius 2 is 2.14 bits per heavy atom. The minimum absolute atomic E-state index is 0.0643. The lowest BCUT2D eigenvalue weighted by atomic mass is 9.91. The van der Waals surface area contributed by atoms with Crippen LogP contribution in [0.25, 0.3) is 0 Å². The molecule has 0 fully saturated rings. The van der Waals surface area contributed by atoms with E-state index in [1.165, 1.54) is 4.88 Å². The van der Waals surface area contributed by atoms with Crippen molar-refractivity contribution in [1.82, 2.24) is 15.8 Å². The van der Waals surface area contributed by atoms with Crippen LogP contribution in [0.4, 0.5) is 0 Å². The van der Waals surface area contributed by atoms with Gasteiger partial charge in [-0.1, -0.05) is 25.1 Å². The number of nitrogens with zero attached hydrogens (tertiary/aromatic N) is 2. The second-order valence-electron chi connectivity index (χ2n) is 5.94. The Bertz CT molecular complexity index is 609. The summed E-state index contributed by atoms with van der Waals surface area (Å²) >= 11 is 1.78. The van der Waals surface area contributed by atoms with Crippen LogP contribution in [0.3, 0.4) is 0 Å². The smallest absolute Gasteiger partial charge is 0.191 e. The van der Waals surface area contributed by atoms with Crippen molar-refractivity contribution in [2.24, 2.45) is 4.99 Å². The number of thiophene rings is 1. The molecule has 0 aliphatic carbocycles. The predicted molar refractivity (Wildman–Crippen MR) is 91.5 cm³/mol. The zero-order valence-electron chi connectivity index (χ0n) is 13.9. The monoisotopic (exact) mass is 320 g/mol. The molecule has 2 heterocycles. The van der Waals surface area contributed by atoms with Gasteiger partial charge in [0, 0.05) is 36.0 Å². The van der Waals surface area contributed by atoms with E-state index in [1.54, 1.807) is 18.4 Å². The van der Waals surface area contributed by atoms with E-state index in [4.69, 9.17) is 4.52 Å². The molecule has 6 heteroatoms. The highest BCUT2D eigenvalue weighted by molar-refractivity contribution is 7.10. The standard InChI is InChI=1S/C16H24N4OS/c1-11-13(12(2)21-20-11)9-18-15(17-5)19-10-16(3,4)14-7-6-8-22-14/h6-8H,9-10H2,1-5H3,(H2,17,18,19). The normalized spacial score (nSPS) is 12.5. The molecule has 0 aromatic carbocycles. The number of aryl methyl sites for hydroxylation is 2. The summed E-state index contributed by atoms with van der Waals surface area (Å²) in [5, 5.41) is 12.8. The molecule has 0 unspecified atom stereocenters. The van der Waals surface area contributed by atoms with Crippen LogP contribution in [0.15, 0.2) is 27.0 Å². The van der Waals surface area contributed by atoms with Crippen LogP contribution in [-0.2, 0) is 12.0 Å². The maximum Gasteiger partial charge on any atom is 0.191 e. The molecule has 0 saturated heterocycles. The van der Waals surface area contributed by atoms with Gasteiger partial charge in [-0.3, -0.25) is 4.99 Å². The first-order valence-electron chi connectivity index (χ1n) is 7.34. The van der Waals surface area contributed by atoms with Crippen molar-refractivity contribution >= 4 is 17.3 Å². The van der Waals surface area contributed by atoms with E-state index < -0.39 is 0 Å². The number of guanidine groups is 1. The van der Waals surface area contributed by atoms with E-state index in [-0.39, 0.29) is 5.41 Å². The average Bonchev–Trinajstić information content (AvgIpc) is 3.12. The van der Waals surface area contributed by atoms with Gasteiger partial charge in [0.25, 0.3) is 0 Å². The summed E-state index contributed by atoms with van der Waals surface area (Å²) in [6.07, 6.45) is 0. The molecular weight excluding hydrogens is 296 g/mol. The average molecular weight is 320 g/mol. The van der Waals surface area contributed by atoms with Crippen molar-refractivity contribution in [2.45, 2.75) is 39.7 Å². The first-order chi connectivity index (χ1) is 10.4. The minimum atomic E-state index is 0.0643. The Hall–Kier alpha value is -1.82. The van der Waals surface area contributed by atoms with E-state index >= 15 is 0 Å².